The quantitative estimate of drug-likeness (QED) is 0.316. The van der Waals surface area contributed by atoms with Crippen LogP contribution in [0.1, 0.15) is 24.1 Å². The van der Waals surface area contributed by atoms with Gasteiger partial charge in [-0.3, -0.25) is 0 Å². The minimum atomic E-state index is -5.12. The van der Waals surface area contributed by atoms with Crippen molar-refractivity contribution in [2.24, 2.45) is 5.41 Å². The SMILES string of the molecule is Cc1nc(N)cc(-c2nc3c4c(nc(OCC5(CN(C)C)CC5(F)F)nc4c2F)NCCNCC[C@H](C(F)(F)F)O3)c1C(F)(F)F. The molecule has 0 spiro atoms. The molecule has 252 valence electrons. The van der Waals surface area contributed by atoms with Crippen LogP contribution in [0.15, 0.2) is 6.07 Å². The Kier molecular flexibility index (Phi) is 8.54. The highest BCUT2D eigenvalue weighted by Gasteiger charge is 2.71. The predicted molar refractivity (Wildman–Crippen MR) is 147 cm³/mol. The minimum absolute atomic E-state index is 0.0198. The lowest BCUT2D eigenvalue weighted by Crippen LogP contribution is -2.37. The maximum Gasteiger partial charge on any atom is 0.425 e. The molecule has 4 N–H and O–H groups in total. The average Bonchev–Trinajstić information content (AvgIpc) is 3.46. The summed E-state index contributed by atoms with van der Waals surface area (Å²) in [6, 6.07) is 0.0169. The van der Waals surface area contributed by atoms with Gasteiger partial charge in [0.15, 0.2) is 11.9 Å². The molecular formula is C27H29F9N8O2. The van der Waals surface area contributed by atoms with Crippen molar-refractivity contribution >= 4 is 22.5 Å². The lowest BCUT2D eigenvalue weighted by molar-refractivity contribution is -0.196. The molecule has 2 atom stereocenters. The Balaban J connectivity index is 1.75. The third-order valence-electron chi connectivity index (χ3n) is 7.59. The van der Waals surface area contributed by atoms with Gasteiger partial charge in [-0.15, -0.1) is 0 Å². The molecule has 0 saturated heterocycles. The normalized spacial score (nSPS) is 21.8. The van der Waals surface area contributed by atoms with Crippen molar-refractivity contribution in [2.45, 2.75) is 44.1 Å². The molecule has 4 heterocycles. The minimum Gasteiger partial charge on any atom is -0.464 e. The zero-order chi connectivity index (χ0) is 33.8. The van der Waals surface area contributed by atoms with Crippen molar-refractivity contribution in [3.05, 3.63) is 23.1 Å². The van der Waals surface area contributed by atoms with Gasteiger partial charge in [0.05, 0.1) is 16.7 Å². The molecule has 19 heteroatoms. The average molecular weight is 669 g/mol. The standard InChI is InChI=1S/C27H29F9N8O2/c1-12-17(27(34,35)36)13(8-15(37)40-12)19-18(28)20-16-21(39-7-6-38-5-4-14(26(31,32)33)46-22(16)41-19)43-23(42-20)45-11-24(10-44(2)3)9-25(24,29)30/h8,14,38H,4-7,9-11H2,1-3H3,(H2,37,40)(H,39,42,43)/t14-,24?/m1/s1. The number of alkyl halides is 8. The summed E-state index contributed by atoms with van der Waals surface area (Å²) in [5, 5.41) is 5.04. The Bertz CT molecular complexity index is 1630. The van der Waals surface area contributed by atoms with E-state index in [-0.39, 0.29) is 32.0 Å². The van der Waals surface area contributed by atoms with E-state index in [4.69, 9.17) is 15.2 Å². The molecule has 3 aromatic heterocycles. The molecular weight excluding hydrogens is 639 g/mol. The number of pyridine rings is 2. The topological polar surface area (TPSA) is 123 Å². The first-order valence-corrected chi connectivity index (χ1v) is 13.9. The Morgan fingerprint density at radius 2 is 1.76 bits per heavy atom. The molecule has 1 saturated carbocycles. The van der Waals surface area contributed by atoms with Gasteiger partial charge in [-0.2, -0.15) is 36.3 Å². The number of nitrogen functional groups attached to an aromatic ring is 1. The summed E-state index contributed by atoms with van der Waals surface area (Å²) in [5.41, 5.74) is -0.891. The number of aromatic nitrogens is 4. The summed E-state index contributed by atoms with van der Waals surface area (Å²) in [5.74, 6) is -6.34. The lowest BCUT2D eigenvalue weighted by Gasteiger charge is -2.23. The molecule has 0 bridgehead atoms. The van der Waals surface area contributed by atoms with Gasteiger partial charge in [0.25, 0.3) is 5.92 Å². The molecule has 10 nitrogen and oxygen atoms in total. The van der Waals surface area contributed by atoms with Crippen LogP contribution in [0.25, 0.3) is 22.2 Å². The van der Waals surface area contributed by atoms with Crippen LogP contribution < -0.4 is 25.8 Å². The van der Waals surface area contributed by atoms with E-state index in [9.17, 15) is 35.1 Å². The lowest BCUT2D eigenvalue weighted by atomic mass is 10.0. The molecule has 1 aliphatic heterocycles. The number of hydrogen-bond acceptors (Lipinski definition) is 10. The molecule has 2 aliphatic rings. The molecule has 1 aliphatic carbocycles. The van der Waals surface area contributed by atoms with Gasteiger partial charge >= 0.3 is 18.4 Å². The van der Waals surface area contributed by atoms with Crippen LogP contribution in [0.5, 0.6) is 11.9 Å². The molecule has 0 radical (unpaired) electrons. The highest BCUT2D eigenvalue weighted by atomic mass is 19.4. The largest absolute Gasteiger partial charge is 0.464 e. The third-order valence-corrected chi connectivity index (χ3v) is 7.59. The number of rotatable bonds is 6. The molecule has 1 fully saturated rings. The second-order valence-electron chi connectivity index (χ2n) is 11.5. The highest BCUT2D eigenvalue weighted by Crippen LogP contribution is 2.60. The molecule has 1 unspecified atom stereocenters. The summed E-state index contributed by atoms with van der Waals surface area (Å²) in [7, 11) is 3.15. The fourth-order valence-electron chi connectivity index (χ4n) is 5.43. The Labute approximate surface area is 255 Å². The predicted octanol–water partition coefficient (Wildman–Crippen LogP) is 4.82. The monoisotopic (exact) mass is 668 g/mol. The van der Waals surface area contributed by atoms with Crippen LogP contribution in [0.4, 0.5) is 51.1 Å². The van der Waals surface area contributed by atoms with Crippen molar-refractivity contribution < 1.29 is 49.0 Å². The van der Waals surface area contributed by atoms with Crippen molar-refractivity contribution in [3.8, 4) is 23.1 Å². The van der Waals surface area contributed by atoms with Crippen molar-refractivity contribution in [2.75, 3.05) is 57.9 Å². The maximum atomic E-state index is 16.4. The Hall–Kier alpha value is -3.87. The van der Waals surface area contributed by atoms with E-state index in [1.807, 2.05) is 0 Å². The molecule has 0 aromatic carbocycles. The Morgan fingerprint density at radius 3 is 2.37 bits per heavy atom. The van der Waals surface area contributed by atoms with E-state index in [1.165, 1.54) is 4.90 Å². The number of ether oxygens (including phenoxy) is 2. The summed E-state index contributed by atoms with van der Waals surface area (Å²) >= 11 is 0. The number of halogens is 9. The van der Waals surface area contributed by atoms with Crippen LogP contribution in [-0.4, -0.2) is 89.9 Å². The van der Waals surface area contributed by atoms with E-state index in [0.717, 1.165) is 6.92 Å². The molecule has 3 aromatic rings. The summed E-state index contributed by atoms with van der Waals surface area (Å²) < 4.78 is 141. The first-order chi connectivity index (χ1) is 21.3. The summed E-state index contributed by atoms with van der Waals surface area (Å²) in [6.45, 7) is 0.202. The van der Waals surface area contributed by atoms with Crippen LogP contribution >= 0.6 is 0 Å². The second-order valence-corrected chi connectivity index (χ2v) is 11.5. The van der Waals surface area contributed by atoms with Crippen LogP contribution in [-0.2, 0) is 6.18 Å². The van der Waals surface area contributed by atoms with E-state index in [1.54, 1.807) is 14.1 Å². The zero-order valence-corrected chi connectivity index (χ0v) is 24.6. The first-order valence-electron chi connectivity index (χ1n) is 13.9. The van der Waals surface area contributed by atoms with Gasteiger partial charge in [0.1, 0.15) is 34.8 Å². The van der Waals surface area contributed by atoms with Gasteiger partial charge < -0.3 is 30.7 Å². The smallest absolute Gasteiger partial charge is 0.425 e. The number of nitrogens with zero attached hydrogens (tertiary/aromatic N) is 5. The summed E-state index contributed by atoms with van der Waals surface area (Å²) in [6.07, 6.45) is -13.8. The van der Waals surface area contributed by atoms with E-state index < -0.39 is 106 Å². The van der Waals surface area contributed by atoms with E-state index >= 15 is 4.39 Å². The number of hydrogen-bond donors (Lipinski definition) is 3. The van der Waals surface area contributed by atoms with Crippen LogP contribution in [0.2, 0.25) is 0 Å². The highest BCUT2D eigenvalue weighted by molar-refractivity contribution is 5.96. The number of anilines is 2. The van der Waals surface area contributed by atoms with Gasteiger partial charge in [-0.05, 0) is 33.6 Å². The van der Waals surface area contributed by atoms with Gasteiger partial charge in [0.2, 0.25) is 5.88 Å². The third kappa shape index (κ3) is 6.51. The van der Waals surface area contributed by atoms with Crippen molar-refractivity contribution in [3.63, 3.8) is 0 Å². The molecule has 5 rings (SSSR count). The van der Waals surface area contributed by atoms with Crippen LogP contribution in [0.3, 0.4) is 0 Å². The van der Waals surface area contributed by atoms with Crippen molar-refractivity contribution in [1.82, 2.24) is 30.2 Å². The number of nitrogens with two attached hydrogens (primary N) is 1. The van der Waals surface area contributed by atoms with Gasteiger partial charge in [-0.1, -0.05) is 0 Å². The maximum absolute atomic E-state index is 16.4. The Morgan fingerprint density at radius 1 is 1.07 bits per heavy atom. The number of aryl methyl sites for hydroxylation is 1. The molecule has 0 amide bonds. The van der Waals surface area contributed by atoms with E-state index in [0.29, 0.717) is 6.07 Å². The van der Waals surface area contributed by atoms with Crippen LogP contribution in [0, 0.1) is 18.2 Å². The van der Waals surface area contributed by atoms with Gasteiger partial charge in [-0.25, -0.2) is 23.1 Å². The first kappa shape index (κ1) is 33.5. The van der Waals surface area contributed by atoms with Crippen molar-refractivity contribution in [1.29, 1.82) is 0 Å². The molecule has 46 heavy (non-hydrogen) atoms. The van der Waals surface area contributed by atoms with E-state index in [2.05, 4.69) is 30.6 Å². The zero-order valence-electron chi connectivity index (χ0n) is 24.6. The second kappa shape index (κ2) is 11.7. The summed E-state index contributed by atoms with van der Waals surface area (Å²) in [4.78, 5) is 17.0. The van der Waals surface area contributed by atoms with Gasteiger partial charge in [0, 0.05) is 38.0 Å². The number of nitrogens with one attached hydrogen (secondary N) is 2. The fourth-order valence-corrected chi connectivity index (χ4v) is 5.43. The fraction of sp³-hybridized carbons (Fsp3) is 0.556.